The molecule has 0 bridgehead atoms. The largest absolute Gasteiger partial charge is 0.381 e. The van der Waals surface area contributed by atoms with Gasteiger partial charge >= 0.3 is 0 Å². The van der Waals surface area contributed by atoms with Crippen LogP contribution in [0.1, 0.15) is 51.4 Å². The Morgan fingerprint density at radius 2 is 1.88 bits per heavy atom. The van der Waals surface area contributed by atoms with Gasteiger partial charge in [0, 0.05) is 38.9 Å². The number of sulfonamides is 1. The van der Waals surface area contributed by atoms with Crippen molar-refractivity contribution >= 4 is 10.0 Å². The molecule has 3 heterocycles. The minimum atomic E-state index is -3.10. The Bertz CT molecular complexity index is 545. The van der Waals surface area contributed by atoms with Gasteiger partial charge in [-0.05, 0) is 51.4 Å². The molecule has 0 aromatic carbocycles. The number of rotatable bonds is 5. The van der Waals surface area contributed by atoms with E-state index in [9.17, 15) is 8.42 Å². The average Bonchev–Trinajstić information content (AvgIpc) is 3.38. The molecule has 3 saturated heterocycles. The van der Waals surface area contributed by atoms with E-state index in [-0.39, 0.29) is 17.0 Å². The Hall–Kier alpha value is -0.210. The fourth-order valence-electron chi connectivity index (χ4n) is 4.51. The van der Waals surface area contributed by atoms with Crippen LogP contribution in [0.5, 0.6) is 0 Å². The molecule has 0 aromatic heterocycles. The Balaban J connectivity index is 1.31. The van der Waals surface area contributed by atoms with Gasteiger partial charge in [0.2, 0.25) is 10.0 Å². The summed E-state index contributed by atoms with van der Waals surface area (Å²) in [5.41, 5.74) is -0.0494. The molecule has 4 rings (SSSR count). The van der Waals surface area contributed by atoms with Gasteiger partial charge in [0.15, 0.2) is 0 Å². The molecule has 3 aliphatic heterocycles. The van der Waals surface area contributed by atoms with E-state index in [1.165, 1.54) is 0 Å². The van der Waals surface area contributed by atoms with E-state index >= 15 is 0 Å². The number of likely N-dealkylation sites (tertiary alicyclic amines) is 1. The van der Waals surface area contributed by atoms with E-state index in [1.807, 2.05) is 0 Å². The Kier molecular flexibility index (Phi) is 4.90. The molecule has 138 valence electrons. The lowest BCUT2D eigenvalue weighted by Gasteiger charge is -2.40. The topological polar surface area (TPSA) is 67.9 Å². The second-order valence-electron chi connectivity index (χ2n) is 7.97. The van der Waals surface area contributed by atoms with Crippen LogP contribution < -0.4 is 4.72 Å². The zero-order chi connectivity index (χ0) is 16.6. The summed E-state index contributed by atoms with van der Waals surface area (Å²) in [6, 6.07) is 0.635. The van der Waals surface area contributed by atoms with E-state index < -0.39 is 10.0 Å². The third-order valence-corrected chi connectivity index (χ3v) is 8.02. The number of hydrogen-bond acceptors (Lipinski definition) is 5. The molecule has 1 saturated carbocycles. The standard InChI is InChI=1S/C17H30N2O4S/c20-24(21,16-3-4-16)18-12-15-2-1-7-17(23-15)8-9-19(13-17)14-5-10-22-11-6-14/h14-16,18H,1-13H2/t15-,17+/m0/s1. The van der Waals surface area contributed by atoms with Gasteiger partial charge in [-0.2, -0.15) is 0 Å². The maximum atomic E-state index is 12.0. The fraction of sp³-hybridized carbons (Fsp3) is 1.00. The summed E-state index contributed by atoms with van der Waals surface area (Å²) in [5.74, 6) is 0. The summed E-state index contributed by atoms with van der Waals surface area (Å²) in [4.78, 5) is 2.58. The van der Waals surface area contributed by atoms with Crippen LogP contribution in [0.25, 0.3) is 0 Å². The van der Waals surface area contributed by atoms with Crippen molar-refractivity contribution in [1.29, 1.82) is 0 Å². The monoisotopic (exact) mass is 358 g/mol. The highest BCUT2D eigenvalue weighted by Gasteiger charge is 2.45. The third kappa shape index (κ3) is 3.80. The first-order valence-corrected chi connectivity index (χ1v) is 11.1. The highest BCUT2D eigenvalue weighted by molar-refractivity contribution is 7.90. The molecule has 24 heavy (non-hydrogen) atoms. The van der Waals surface area contributed by atoms with Crippen LogP contribution in [0.4, 0.5) is 0 Å². The zero-order valence-corrected chi connectivity index (χ0v) is 15.2. The molecule has 1 spiro atoms. The van der Waals surface area contributed by atoms with Crippen molar-refractivity contribution in [2.45, 2.75) is 74.4 Å². The third-order valence-electron chi connectivity index (χ3n) is 6.10. The highest BCUT2D eigenvalue weighted by Crippen LogP contribution is 2.38. The minimum absolute atomic E-state index is 0.0296. The smallest absolute Gasteiger partial charge is 0.214 e. The molecule has 4 fully saturated rings. The molecule has 0 unspecified atom stereocenters. The van der Waals surface area contributed by atoms with E-state index in [4.69, 9.17) is 9.47 Å². The maximum absolute atomic E-state index is 12.0. The SMILES string of the molecule is O=S(=O)(NC[C@@H]1CCC[C@]2(CCN(C3CCOCC3)C2)O1)C1CC1. The Morgan fingerprint density at radius 3 is 2.62 bits per heavy atom. The Labute approximate surface area is 145 Å². The lowest BCUT2D eigenvalue weighted by Crippen LogP contribution is -2.48. The fourth-order valence-corrected chi connectivity index (χ4v) is 5.92. The van der Waals surface area contributed by atoms with Gasteiger partial charge in [-0.25, -0.2) is 13.1 Å². The summed E-state index contributed by atoms with van der Waals surface area (Å²) in [5, 5.41) is -0.148. The first kappa shape index (κ1) is 17.2. The second-order valence-corrected chi connectivity index (χ2v) is 10.0. The molecular weight excluding hydrogens is 328 g/mol. The van der Waals surface area contributed by atoms with Crippen LogP contribution in [-0.2, 0) is 19.5 Å². The predicted molar refractivity (Wildman–Crippen MR) is 91.4 cm³/mol. The first-order chi connectivity index (χ1) is 11.6. The number of hydrogen-bond donors (Lipinski definition) is 1. The molecule has 0 amide bonds. The van der Waals surface area contributed by atoms with Crippen molar-refractivity contribution in [3.63, 3.8) is 0 Å². The minimum Gasteiger partial charge on any atom is -0.381 e. The average molecular weight is 359 g/mol. The lowest BCUT2D eigenvalue weighted by molar-refractivity contribution is -0.120. The van der Waals surface area contributed by atoms with Crippen LogP contribution in [-0.4, -0.2) is 69.2 Å². The summed E-state index contributed by atoms with van der Waals surface area (Å²) in [6.45, 7) is 4.30. The number of nitrogens with one attached hydrogen (secondary N) is 1. The van der Waals surface area contributed by atoms with Crippen molar-refractivity contribution in [2.24, 2.45) is 0 Å². The molecule has 4 aliphatic rings. The van der Waals surface area contributed by atoms with Gasteiger partial charge in [-0.1, -0.05) is 0 Å². The maximum Gasteiger partial charge on any atom is 0.214 e. The van der Waals surface area contributed by atoms with Crippen LogP contribution in [0.3, 0.4) is 0 Å². The van der Waals surface area contributed by atoms with Crippen molar-refractivity contribution in [2.75, 3.05) is 32.8 Å². The van der Waals surface area contributed by atoms with Crippen LogP contribution >= 0.6 is 0 Å². The van der Waals surface area contributed by atoms with Crippen LogP contribution in [0, 0.1) is 0 Å². The van der Waals surface area contributed by atoms with Gasteiger partial charge in [-0.15, -0.1) is 0 Å². The molecule has 1 N–H and O–H groups in total. The molecule has 0 aromatic rings. The molecular formula is C17H30N2O4S. The van der Waals surface area contributed by atoms with Gasteiger partial charge < -0.3 is 9.47 Å². The number of nitrogens with zero attached hydrogens (tertiary/aromatic N) is 1. The van der Waals surface area contributed by atoms with Crippen molar-refractivity contribution in [3.05, 3.63) is 0 Å². The van der Waals surface area contributed by atoms with E-state index in [0.29, 0.717) is 12.6 Å². The number of ether oxygens (including phenoxy) is 2. The summed E-state index contributed by atoms with van der Waals surface area (Å²) < 4.78 is 38.8. The van der Waals surface area contributed by atoms with E-state index in [0.717, 1.165) is 77.7 Å². The van der Waals surface area contributed by atoms with Gasteiger partial charge in [0.1, 0.15) is 0 Å². The van der Waals surface area contributed by atoms with E-state index in [2.05, 4.69) is 9.62 Å². The lowest BCUT2D eigenvalue weighted by atomic mass is 9.90. The predicted octanol–water partition coefficient (Wildman–Crippen LogP) is 1.26. The van der Waals surface area contributed by atoms with Crippen LogP contribution in [0.15, 0.2) is 0 Å². The molecule has 2 atom stereocenters. The molecule has 1 aliphatic carbocycles. The van der Waals surface area contributed by atoms with Crippen molar-refractivity contribution in [1.82, 2.24) is 9.62 Å². The van der Waals surface area contributed by atoms with Crippen LogP contribution in [0.2, 0.25) is 0 Å². The zero-order valence-electron chi connectivity index (χ0n) is 14.4. The van der Waals surface area contributed by atoms with Gasteiger partial charge in [-0.3, -0.25) is 4.90 Å². The normalized spacial score (nSPS) is 36.4. The van der Waals surface area contributed by atoms with Gasteiger partial charge in [0.25, 0.3) is 0 Å². The van der Waals surface area contributed by atoms with E-state index in [1.54, 1.807) is 0 Å². The molecule has 7 heteroatoms. The summed E-state index contributed by atoms with van der Waals surface area (Å²) in [7, 11) is -3.10. The Morgan fingerprint density at radius 1 is 1.08 bits per heavy atom. The van der Waals surface area contributed by atoms with Crippen molar-refractivity contribution < 1.29 is 17.9 Å². The summed E-state index contributed by atoms with van der Waals surface area (Å²) >= 11 is 0. The van der Waals surface area contributed by atoms with Gasteiger partial charge in [0.05, 0.1) is 17.0 Å². The first-order valence-electron chi connectivity index (χ1n) is 9.54. The summed E-state index contributed by atoms with van der Waals surface area (Å²) in [6.07, 6.45) is 8.19. The second kappa shape index (κ2) is 6.83. The molecule has 6 nitrogen and oxygen atoms in total. The quantitative estimate of drug-likeness (QED) is 0.801. The molecule has 0 radical (unpaired) electrons. The van der Waals surface area contributed by atoms with Crippen molar-refractivity contribution in [3.8, 4) is 0 Å². The highest BCUT2D eigenvalue weighted by atomic mass is 32.2.